The first-order chi connectivity index (χ1) is 13.2. The topological polar surface area (TPSA) is 89.0 Å². The highest BCUT2D eigenvalue weighted by Gasteiger charge is 2.34. The van der Waals surface area contributed by atoms with Gasteiger partial charge in [-0.05, 0) is 36.5 Å². The molecule has 3 rings (SSSR count). The van der Waals surface area contributed by atoms with Gasteiger partial charge in [-0.2, -0.15) is 0 Å². The van der Waals surface area contributed by atoms with Crippen molar-refractivity contribution in [1.82, 2.24) is 9.97 Å². The number of hydrogen-bond acceptors (Lipinski definition) is 5. The van der Waals surface area contributed by atoms with E-state index in [1.54, 1.807) is 0 Å². The molecule has 28 heavy (non-hydrogen) atoms. The first-order valence-electron chi connectivity index (χ1n) is 8.62. The highest BCUT2D eigenvalue weighted by molar-refractivity contribution is 7.90. The van der Waals surface area contributed by atoms with Crippen molar-refractivity contribution in [2.75, 3.05) is 11.6 Å². The number of hydrogen-bond donors (Lipinski definition) is 1. The van der Waals surface area contributed by atoms with Crippen LogP contribution in [0.25, 0.3) is 5.57 Å². The van der Waals surface area contributed by atoms with Crippen molar-refractivity contribution in [3.63, 3.8) is 0 Å². The molecule has 1 aliphatic carbocycles. The Morgan fingerprint density at radius 1 is 1.14 bits per heavy atom. The van der Waals surface area contributed by atoms with Gasteiger partial charge in [0.15, 0.2) is 15.7 Å². The number of rotatable bonds is 5. The highest BCUT2D eigenvalue weighted by Crippen LogP contribution is 2.34. The predicted molar refractivity (Wildman–Crippen MR) is 101 cm³/mol. The Morgan fingerprint density at radius 3 is 2.32 bits per heavy atom. The number of benzene rings is 1. The zero-order chi connectivity index (χ0) is 20.3. The van der Waals surface area contributed by atoms with Crippen LogP contribution in [0.5, 0.6) is 0 Å². The number of amides is 1. The Kier molecular flexibility index (Phi) is 5.83. The van der Waals surface area contributed by atoms with Gasteiger partial charge in [0.2, 0.25) is 0 Å². The summed E-state index contributed by atoms with van der Waals surface area (Å²) in [6, 6.07) is 5.76. The van der Waals surface area contributed by atoms with Gasteiger partial charge in [0.25, 0.3) is 5.91 Å². The molecule has 1 N–H and O–H groups in total. The van der Waals surface area contributed by atoms with Crippen LogP contribution in [0, 0.1) is 5.92 Å². The average Bonchev–Trinajstić information content (AvgIpc) is 2.97. The fourth-order valence-electron chi connectivity index (χ4n) is 3.07. The van der Waals surface area contributed by atoms with E-state index >= 15 is 0 Å². The minimum absolute atomic E-state index is 0.00941. The molecule has 1 saturated carbocycles. The third kappa shape index (κ3) is 4.78. The summed E-state index contributed by atoms with van der Waals surface area (Å²) in [5, 5.41) is 2.60. The van der Waals surface area contributed by atoms with Crippen LogP contribution in [0.2, 0.25) is 0 Å². The first kappa shape index (κ1) is 20.1. The van der Waals surface area contributed by atoms with Crippen molar-refractivity contribution in [2.45, 2.75) is 30.1 Å². The maximum atomic E-state index is 13.6. The molecule has 0 aliphatic heterocycles. The Morgan fingerprint density at radius 2 is 1.79 bits per heavy atom. The van der Waals surface area contributed by atoms with Crippen molar-refractivity contribution in [3.05, 3.63) is 54.5 Å². The number of sulfone groups is 1. The molecule has 1 heterocycles. The van der Waals surface area contributed by atoms with Gasteiger partial charge in [0.05, 0.1) is 11.1 Å². The second-order valence-electron chi connectivity index (χ2n) is 6.69. The van der Waals surface area contributed by atoms with Gasteiger partial charge in [-0.3, -0.25) is 9.78 Å². The summed E-state index contributed by atoms with van der Waals surface area (Å²) >= 11 is 0. The van der Waals surface area contributed by atoms with Crippen LogP contribution in [-0.4, -0.2) is 42.9 Å². The molecule has 0 spiro atoms. The third-order valence-electron chi connectivity index (χ3n) is 4.49. The molecule has 1 fully saturated rings. The van der Waals surface area contributed by atoms with E-state index in [9.17, 15) is 22.0 Å². The van der Waals surface area contributed by atoms with Crippen molar-refractivity contribution in [1.29, 1.82) is 0 Å². The molecule has 0 bridgehead atoms. The standard InChI is InChI=1S/C19H19F2N3O3S/c1-28(26,27)14-4-2-13(3-5-14)15(8-12-9-16(20)17(21)10-12)19(25)24-18-11-22-6-7-23-18/h2-8,11-12,16-17H,9-10H2,1H3,(H,23,24,25)/b15-8+. The number of alkyl halides is 2. The molecule has 1 aromatic carbocycles. The van der Waals surface area contributed by atoms with Gasteiger partial charge >= 0.3 is 0 Å². The smallest absolute Gasteiger partial charge is 0.257 e. The average molecular weight is 407 g/mol. The predicted octanol–water partition coefficient (Wildman–Crippen LogP) is 2.99. The van der Waals surface area contributed by atoms with Gasteiger partial charge in [-0.25, -0.2) is 22.2 Å². The number of aromatic nitrogens is 2. The Hall–Kier alpha value is -2.68. The molecule has 9 heteroatoms. The summed E-state index contributed by atoms with van der Waals surface area (Å²) in [4.78, 5) is 20.7. The van der Waals surface area contributed by atoms with Crippen LogP contribution in [-0.2, 0) is 14.6 Å². The van der Waals surface area contributed by atoms with Gasteiger partial charge in [0.1, 0.15) is 12.3 Å². The maximum Gasteiger partial charge on any atom is 0.257 e. The van der Waals surface area contributed by atoms with E-state index in [-0.39, 0.29) is 29.1 Å². The van der Waals surface area contributed by atoms with E-state index in [1.165, 1.54) is 48.9 Å². The summed E-state index contributed by atoms with van der Waals surface area (Å²) in [6.07, 6.45) is 3.72. The molecule has 1 aliphatic rings. The third-order valence-corrected chi connectivity index (χ3v) is 5.62. The molecule has 2 atom stereocenters. The first-order valence-corrected chi connectivity index (χ1v) is 10.5. The number of nitrogens with one attached hydrogen (secondary N) is 1. The quantitative estimate of drug-likeness (QED) is 0.770. The molecule has 1 aromatic heterocycles. The number of carbonyl (C=O) groups is 1. The maximum absolute atomic E-state index is 13.6. The van der Waals surface area contributed by atoms with E-state index < -0.39 is 34.0 Å². The molecular formula is C19H19F2N3O3S. The molecule has 0 radical (unpaired) electrons. The molecule has 2 unspecified atom stereocenters. The summed E-state index contributed by atoms with van der Waals surface area (Å²) in [5.74, 6) is -0.739. The van der Waals surface area contributed by atoms with E-state index in [2.05, 4.69) is 15.3 Å². The van der Waals surface area contributed by atoms with Crippen molar-refractivity contribution >= 4 is 27.1 Å². The Bertz CT molecular complexity index is 969. The van der Waals surface area contributed by atoms with E-state index in [4.69, 9.17) is 0 Å². The zero-order valence-corrected chi connectivity index (χ0v) is 15.9. The molecule has 148 valence electrons. The lowest BCUT2D eigenvalue weighted by Crippen LogP contribution is -2.16. The van der Waals surface area contributed by atoms with Crippen LogP contribution >= 0.6 is 0 Å². The van der Waals surface area contributed by atoms with Crippen LogP contribution in [0.15, 0.2) is 53.8 Å². The lowest BCUT2D eigenvalue weighted by molar-refractivity contribution is -0.111. The van der Waals surface area contributed by atoms with Gasteiger partial charge in [-0.15, -0.1) is 0 Å². The van der Waals surface area contributed by atoms with Crippen LogP contribution in [0.4, 0.5) is 14.6 Å². The van der Waals surface area contributed by atoms with E-state index in [0.717, 1.165) is 6.26 Å². The minimum Gasteiger partial charge on any atom is -0.305 e. The van der Waals surface area contributed by atoms with Gasteiger partial charge in [-0.1, -0.05) is 18.2 Å². The monoisotopic (exact) mass is 407 g/mol. The number of anilines is 1. The summed E-state index contributed by atoms with van der Waals surface area (Å²) in [7, 11) is -3.39. The molecule has 1 amide bonds. The number of carbonyl (C=O) groups excluding carboxylic acids is 1. The van der Waals surface area contributed by atoms with Gasteiger partial charge in [0, 0.05) is 24.2 Å². The number of halogens is 2. The molecule has 0 saturated heterocycles. The second-order valence-corrected chi connectivity index (χ2v) is 8.70. The van der Waals surface area contributed by atoms with Crippen LogP contribution in [0.1, 0.15) is 18.4 Å². The van der Waals surface area contributed by atoms with Gasteiger partial charge < -0.3 is 5.32 Å². The lowest BCUT2D eigenvalue weighted by Gasteiger charge is -2.12. The lowest BCUT2D eigenvalue weighted by atomic mass is 9.98. The molecule has 6 nitrogen and oxygen atoms in total. The molecular weight excluding hydrogens is 388 g/mol. The second kappa shape index (κ2) is 8.14. The van der Waals surface area contributed by atoms with Crippen LogP contribution < -0.4 is 5.32 Å². The fourth-order valence-corrected chi connectivity index (χ4v) is 3.70. The summed E-state index contributed by atoms with van der Waals surface area (Å²) in [5.41, 5.74) is 0.628. The van der Waals surface area contributed by atoms with Crippen molar-refractivity contribution in [2.24, 2.45) is 5.92 Å². The fraction of sp³-hybridized carbons (Fsp3) is 0.316. The van der Waals surface area contributed by atoms with E-state index in [1.807, 2.05) is 0 Å². The number of allylic oxidation sites excluding steroid dienone is 1. The van der Waals surface area contributed by atoms with Crippen molar-refractivity contribution in [3.8, 4) is 0 Å². The normalized spacial score (nSPS) is 22.8. The summed E-state index contributed by atoms with van der Waals surface area (Å²) in [6.45, 7) is 0. The largest absolute Gasteiger partial charge is 0.305 e. The van der Waals surface area contributed by atoms with Crippen LogP contribution in [0.3, 0.4) is 0 Å². The Balaban J connectivity index is 1.93. The zero-order valence-electron chi connectivity index (χ0n) is 15.0. The van der Waals surface area contributed by atoms with E-state index in [0.29, 0.717) is 5.56 Å². The highest BCUT2D eigenvalue weighted by atomic mass is 32.2. The number of nitrogens with zero attached hydrogens (tertiary/aromatic N) is 2. The SMILES string of the molecule is CS(=O)(=O)c1ccc(/C(=C\C2CC(F)C(F)C2)C(=O)Nc2cnccn2)cc1. The molecule has 2 aromatic rings. The summed E-state index contributed by atoms with van der Waals surface area (Å²) < 4.78 is 50.4. The minimum atomic E-state index is -3.39. The Labute approximate surface area is 161 Å². The van der Waals surface area contributed by atoms with Crippen molar-refractivity contribution < 1.29 is 22.0 Å².